The van der Waals surface area contributed by atoms with Crippen LogP contribution in [0.25, 0.3) is 10.2 Å². The maximum absolute atomic E-state index is 12.6. The molecule has 2 aromatic heterocycles. The Hall–Kier alpha value is -3.07. The lowest BCUT2D eigenvalue weighted by atomic mass is 10.1. The number of amides is 2. The first-order valence-electron chi connectivity index (χ1n) is 11.9. The molecule has 8 nitrogen and oxygen atoms in total. The van der Waals surface area contributed by atoms with Crippen LogP contribution in [0.2, 0.25) is 0 Å². The van der Waals surface area contributed by atoms with E-state index in [1.54, 1.807) is 6.92 Å². The number of carbonyl (C=O) groups excluding carboxylic acids is 3. The van der Waals surface area contributed by atoms with Gasteiger partial charge >= 0.3 is 5.97 Å². The molecule has 0 unspecified atom stereocenters. The molecule has 0 saturated carbocycles. The smallest absolute Gasteiger partial charge is 0.341 e. The first kappa shape index (κ1) is 27.0. The fourth-order valence-corrected chi connectivity index (χ4v) is 7.05. The van der Waals surface area contributed by atoms with E-state index < -0.39 is 5.97 Å². The second-order valence-electron chi connectivity index (χ2n) is 8.07. The predicted octanol–water partition coefficient (Wildman–Crippen LogP) is 4.26. The SMILES string of the molecule is C#CCn1c(=NC(=O)CSCC(=O)Nc2sc3c(c2C(=O)OCC)CCC3)sc2cc(OCC)ccc21. The lowest BCUT2D eigenvalue weighted by Crippen LogP contribution is -2.19. The number of nitrogens with zero attached hydrogens (tertiary/aromatic N) is 2. The van der Waals surface area contributed by atoms with Crippen LogP contribution in [0.3, 0.4) is 0 Å². The summed E-state index contributed by atoms with van der Waals surface area (Å²) < 4.78 is 13.5. The summed E-state index contributed by atoms with van der Waals surface area (Å²) >= 11 is 3.96. The molecule has 0 fully saturated rings. The van der Waals surface area contributed by atoms with Gasteiger partial charge in [0.15, 0.2) is 4.80 Å². The summed E-state index contributed by atoms with van der Waals surface area (Å²) in [5, 5.41) is 3.37. The Bertz CT molecular complexity index is 1440. The molecule has 1 aliphatic carbocycles. The van der Waals surface area contributed by atoms with Gasteiger partial charge in [0, 0.05) is 4.88 Å². The van der Waals surface area contributed by atoms with Gasteiger partial charge in [0.1, 0.15) is 10.8 Å². The van der Waals surface area contributed by atoms with E-state index in [0.717, 1.165) is 45.7 Å². The Labute approximate surface area is 227 Å². The zero-order valence-corrected chi connectivity index (χ0v) is 23.1. The van der Waals surface area contributed by atoms with Crippen molar-refractivity contribution in [2.45, 2.75) is 39.7 Å². The van der Waals surface area contributed by atoms with Crippen molar-refractivity contribution in [1.82, 2.24) is 4.57 Å². The molecular weight excluding hydrogens is 531 g/mol. The van der Waals surface area contributed by atoms with Crippen LogP contribution in [-0.2, 0) is 33.7 Å². The molecule has 3 aromatic rings. The van der Waals surface area contributed by atoms with Crippen molar-refractivity contribution in [1.29, 1.82) is 0 Å². The van der Waals surface area contributed by atoms with Crippen molar-refractivity contribution in [3.05, 3.63) is 39.0 Å². The number of terminal acetylenes is 1. The Kier molecular flexibility index (Phi) is 9.08. The number of benzene rings is 1. The summed E-state index contributed by atoms with van der Waals surface area (Å²) in [6, 6.07) is 5.67. The first-order chi connectivity index (χ1) is 17.9. The van der Waals surface area contributed by atoms with Crippen LogP contribution in [0.15, 0.2) is 23.2 Å². The van der Waals surface area contributed by atoms with Crippen molar-refractivity contribution in [2.24, 2.45) is 4.99 Å². The third-order valence-electron chi connectivity index (χ3n) is 5.55. The molecule has 194 valence electrons. The average molecular weight is 558 g/mol. The third-order valence-corrected chi connectivity index (χ3v) is 8.71. The van der Waals surface area contributed by atoms with E-state index in [1.165, 1.54) is 34.4 Å². The van der Waals surface area contributed by atoms with Gasteiger partial charge in [-0.05, 0) is 56.9 Å². The molecule has 0 radical (unpaired) electrons. The molecule has 0 spiro atoms. The number of hydrogen-bond donors (Lipinski definition) is 1. The summed E-state index contributed by atoms with van der Waals surface area (Å²) in [5.74, 6) is 2.39. The molecule has 1 N–H and O–H groups in total. The number of thiazole rings is 1. The molecule has 0 atom stereocenters. The van der Waals surface area contributed by atoms with Crippen LogP contribution in [0.4, 0.5) is 5.00 Å². The van der Waals surface area contributed by atoms with Gasteiger partial charge < -0.3 is 19.4 Å². The molecular formula is C26H27N3O5S3. The van der Waals surface area contributed by atoms with E-state index in [4.69, 9.17) is 15.9 Å². The van der Waals surface area contributed by atoms with Crippen molar-refractivity contribution < 1.29 is 23.9 Å². The number of thioether (sulfide) groups is 1. The number of aryl methyl sites for hydroxylation is 1. The zero-order chi connectivity index (χ0) is 26.4. The maximum Gasteiger partial charge on any atom is 0.341 e. The van der Waals surface area contributed by atoms with E-state index in [1.807, 2.05) is 29.7 Å². The maximum atomic E-state index is 12.6. The second-order valence-corrected chi connectivity index (χ2v) is 11.2. The van der Waals surface area contributed by atoms with Gasteiger partial charge in [-0.15, -0.1) is 29.5 Å². The number of anilines is 1. The van der Waals surface area contributed by atoms with E-state index in [2.05, 4.69) is 16.2 Å². The van der Waals surface area contributed by atoms with Crippen LogP contribution in [-0.4, -0.2) is 47.1 Å². The molecule has 0 aliphatic heterocycles. The molecule has 1 aliphatic rings. The summed E-state index contributed by atoms with van der Waals surface area (Å²) in [6.07, 6.45) is 8.25. The van der Waals surface area contributed by atoms with E-state index >= 15 is 0 Å². The number of hydrogen-bond acceptors (Lipinski definition) is 8. The van der Waals surface area contributed by atoms with Crippen molar-refractivity contribution in [3.8, 4) is 18.1 Å². The monoisotopic (exact) mass is 557 g/mol. The van der Waals surface area contributed by atoms with E-state index in [9.17, 15) is 14.4 Å². The summed E-state index contributed by atoms with van der Waals surface area (Å²) in [4.78, 5) is 43.6. The fourth-order valence-electron chi connectivity index (χ4n) is 4.08. The van der Waals surface area contributed by atoms with Gasteiger partial charge in [0.05, 0.1) is 47.0 Å². The highest BCUT2D eigenvalue weighted by atomic mass is 32.2. The largest absolute Gasteiger partial charge is 0.494 e. The molecule has 1 aromatic carbocycles. The summed E-state index contributed by atoms with van der Waals surface area (Å²) in [7, 11) is 0. The standard InChI is InChI=1S/C26H27N3O5S3/c1-4-12-29-18-11-10-16(33-5-2)13-20(18)37-26(29)28-22(31)15-35-14-21(30)27-24-23(25(32)34-6-3)17-8-7-9-19(17)36-24/h1,10-11,13H,5-9,12,14-15H2,2-3H3,(H,27,30). The third kappa shape index (κ3) is 6.26. The Morgan fingerprint density at radius 2 is 2.03 bits per heavy atom. The number of esters is 1. The van der Waals surface area contributed by atoms with Gasteiger partial charge in [-0.25, -0.2) is 4.79 Å². The van der Waals surface area contributed by atoms with Crippen LogP contribution >= 0.6 is 34.4 Å². The second kappa shape index (κ2) is 12.4. The minimum absolute atomic E-state index is 0.0353. The first-order valence-corrected chi connectivity index (χ1v) is 14.7. The van der Waals surface area contributed by atoms with Crippen LogP contribution in [0, 0.1) is 12.3 Å². The number of ether oxygens (including phenoxy) is 2. The van der Waals surface area contributed by atoms with Gasteiger partial charge in [-0.1, -0.05) is 17.3 Å². The van der Waals surface area contributed by atoms with Crippen LogP contribution in [0.1, 0.15) is 41.1 Å². The Morgan fingerprint density at radius 1 is 1.19 bits per heavy atom. The number of aromatic nitrogens is 1. The highest BCUT2D eigenvalue weighted by Gasteiger charge is 2.28. The van der Waals surface area contributed by atoms with Crippen LogP contribution in [0.5, 0.6) is 5.75 Å². The van der Waals surface area contributed by atoms with E-state index in [0.29, 0.717) is 22.0 Å². The fraction of sp³-hybridized carbons (Fsp3) is 0.385. The van der Waals surface area contributed by atoms with Gasteiger partial charge in [0.25, 0.3) is 5.91 Å². The number of rotatable bonds is 10. The average Bonchev–Trinajstić information content (AvgIpc) is 3.53. The van der Waals surface area contributed by atoms with Gasteiger partial charge in [-0.3, -0.25) is 9.59 Å². The Balaban J connectivity index is 1.41. The highest BCUT2D eigenvalue weighted by Crippen LogP contribution is 2.39. The normalized spacial score (nSPS) is 12.8. The lowest BCUT2D eigenvalue weighted by Gasteiger charge is -2.07. The van der Waals surface area contributed by atoms with Crippen molar-refractivity contribution in [3.63, 3.8) is 0 Å². The molecule has 0 bridgehead atoms. The number of carbonyl (C=O) groups is 3. The summed E-state index contributed by atoms with van der Waals surface area (Å²) in [5.41, 5.74) is 2.33. The van der Waals surface area contributed by atoms with E-state index in [-0.39, 0.29) is 36.5 Å². The molecule has 0 saturated heterocycles. The Morgan fingerprint density at radius 3 is 2.78 bits per heavy atom. The molecule has 11 heteroatoms. The molecule has 37 heavy (non-hydrogen) atoms. The number of fused-ring (bicyclic) bond motifs is 2. The number of nitrogens with one attached hydrogen (secondary N) is 1. The highest BCUT2D eigenvalue weighted by molar-refractivity contribution is 8.00. The van der Waals surface area contributed by atoms with Crippen LogP contribution < -0.4 is 14.9 Å². The molecule has 2 heterocycles. The molecule has 4 rings (SSSR count). The number of thiophene rings is 1. The lowest BCUT2D eigenvalue weighted by molar-refractivity contribution is -0.115. The summed E-state index contributed by atoms with van der Waals surface area (Å²) in [6.45, 7) is 4.78. The zero-order valence-electron chi connectivity index (χ0n) is 20.6. The minimum Gasteiger partial charge on any atom is -0.494 e. The van der Waals surface area contributed by atoms with Gasteiger partial charge in [-0.2, -0.15) is 4.99 Å². The molecule has 2 amide bonds. The topological polar surface area (TPSA) is 99.0 Å². The van der Waals surface area contributed by atoms with Gasteiger partial charge in [0.2, 0.25) is 5.91 Å². The van der Waals surface area contributed by atoms with Crippen molar-refractivity contribution in [2.75, 3.05) is 30.0 Å². The van der Waals surface area contributed by atoms with Crippen molar-refractivity contribution >= 4 is 67.4 Å². The quantitative estimate of drug-likeness (QED) is 0.295. The predicted molar refractivity (Wildman–Crippen MR) is 149 cm³/mol. The minimum atomic E-state index is -0.407.